The van der Waals surface area contributed by atoms with Crippen molar-refractivity contribution in [3.8, 4) is 22.6 Å². The summed E-state index contributed by atoms with van der Waals surface area (Å²) in [6, 6.07) is 17.6. The van der Waals surface area contributed by atoms with Gasteiger partial charge in [0, 0.05) is 56.1 Å². The Bertz CT molecular complexity index is 1670. The Kier molecular flexibility index (Phi) is 6.62. The lowest BCUT2D eigenvalue weighted by molar-refractivity contribution is 0.442. The first-order valence-corrected chi connectivity index (χ1v) is 14.3. The van der Waals surface area contributed by atoms with Crippen molar-refractivity contribution < 1.29 is 12.8 Å². The average molecular weight is 550 g/mol. The Hall–Kier alpha value is -3.71. The number of hydrogen-bond acceptors (Lipinski definition) is 7. The highest BCUT2D eigenvalue weighted by Crippen LogP contribution is 2.33. The maximum Gasteiger partial charge on any atom is 0.282 e. The summed E-state index contributed by atoms with van der Waals surface area (Å²) in [5.74, 6) is 0.0727. The molecular formula is C26H24FN7O2S2. The molecule has 0 atom stereocenters. The van der Waals surface area contributed by atoms with E-state index < -0.39 is 10.2 Å². The number of rotatable bonds is 8. The minimum atomic E-state index is -3.53. The predicted octanol–water partition coefficient (Wildman–Crippen LogP) is 4.13. The van der Waals surface area contributed by atoms with E-state index in [1.807, 2.05) is 46.3 Å². The van der Waals surface area contributed by atoms with Gasteiger partial charge in [-0.3, -0.25) is 4.40 Å². The van der Waals surface area contributed by atoms with Crippen LogP contribution in [0, 0.1) is 5.82 Å². The van der Waals surface area contributed by atoms with Crippen molar-refractivity contribution in [3.63, 3.8) is 0 Å². The molecule has 1 fully saturated rings. The first kappa shape index (κ1) is 24.6. The zero-order valence-corrected chi connectivity index (χ0v) is 21.9. The Balaban J connectivity index is 1.17. The number of benzene rings is 2. The quantitative estimate of drug-likeness (QED) is 0.313. The van der Waals surface area contributed by atoms with E-state index in [9.17, 15) is 12.8 Å². The van der Waals surface area contributed by atoms with Crippen molar-refractivity contribution in [2.45, 2.75) is 6.54 Å². The van der Waals surface area contributed by atoms with Gasteiger partial charge in [-0.1, -0.05) is 30.3 Å². The van der Waals surface area contributed by atoms with E-state index in [4.69, 9.17) is 4.98 Å². The molecule has 1 N–H and O–H groups in total. The number of halogens is 1. The molecule has 12 heteroatoms. The molecular weight excluding hydrogens is 525 g/mol. The van der Waals surface area contributed by atoms with E-state index in [1.165, 1.54) is 32.1 Å². The van der Waals surface area contributed by atoms with Crippen LogP contribution < -0.4 is 5.32 Å². The Morgan fingerprint density at radius 2 is 1.76 bits per heavy atom. The average Bonchev–Trinajstić information content (AvgIpc) is 3.59. The van der Waals surface area contributed by atoms with Gasteiger partial charge in [0.05, 0.1) is 11.4 Å². The summed E-state index contributed by atoms with van der Waals surface area (Å²) in [6.45, 7) is 1.89. The van der Waals surface area contributed by atoms with Crippen LogP contribution in [0.25, 0.3) is 27.6 Å². The van der Waals surface area contributed by atoms with Crippen molar-refractivity contribution in [2.24, 2.45) is 0 Å². The van der Waals surface area contributed by atoms with E-state index in [2.05, 4.69) is 15.3 Å². The largest absolute Gasteiger partial charge is 0.353 e. The van der Waals surface area contributed by atoms with Crippen LogP contribution in [-0.4, -0.2) is 62.6 Å². The molecule has 0 amide bonds. The van der Waals surface area contributed by atoms with Crippen molar-refractivity contribution in [1.82, 2.24) is 28.0 Å². The van der Waals surface area contributed by atoms with Crippen molar-refractivity contribution >= 4 is 32.5 Å². The zero-order chi connectivity index (χ0) is 26.1. The van der Waals surface area contributed by atoms with Gasteiger partial charge in [0.15, 0.2) is 4.96 Å². The fourth-order valence-corrected chi connectivity index (χ4v) is 6.80. The Morgan fingerprint density at radius 3 is 2.58 bits per heavy atom. The second-order valence-electron chi connectivity index (χ2n) is 8.79. The molecule has 38 heavy (non-hydrogen) atoms. The Morgan fingerprint density at radius 1 is 0.974 bits per heavy atom. The van der Waals surface area contributed by atoms with Crippen LogP contribution in [0.3, 0.4) is 0 Å². The molecule has 0 unspecified atom stereocenters. The van der Waals surface area contributed by atoms with E-state index in [0.717, 1.165) is 21.8 Å². The van der Waals surface area contributed by atoms with Crippen molar-refractivity contribution in [1.29, 1.82) is 0 Å². The van der Waals surface area contributed by atoms with Crippen LogP contribution in [0.2, 0.25) is 0 Å². The number of nitrogens with one attached hydrogen (secondary N) is 1. The van der Waals surface area contributed by atoms with Gasteiger partial charge in [0.2, 0.25) is 5.95 Å². The summed E-state index contributed by atoms with van der Waals surface area (Å²) in [7, 11) is -3.53. The summed E-state index contributed by atoms with van der Waals surface area (Å²) in [6.07, 6.45) is 3.57. The molecule has 3 aromatic heterocycles. The monoisotopic (exact) mass is 549 g/mol. The number of fused-ring (bicyclic) bond motifs is 1. The van der Waals surface area contributed by atoms with Crippen LogP contribution in [0.5, 0.6) is 0 Å². The molecule has 9 nitrogen and oxygen atoms in total. The normalized spacial score (nSPS) is 15.8. The third-order valence-electron chi connectivity index (χ3n) is 6.38. The predicted molar refractivity (Wildman–Crippen MR) is 145 cm³/mol. The third kappa shape index (κ3) is 4.78. The van der Waals surface area contributed by atoms with Crippen molar-refractivity contribution in [3.05, 3.63) is 89.8 Å². The molecule has 1 aliphatic heterocycles. The molecule has 0 bridgehead atoms. The molecule has 0 aliphatic carbocycles. The lowest BCUT2D eigenvalue weighted by Crippen LogP contribution is -2.35. The van der Waals surface area contributed by atoms with Crippen LogP contribution in [0.1, 0.15) is 5.56 Å². The van der Waals surface area contributed by atoms with Crippen LogP contribution >= 0.6 is 11.3 Å². The molecule has 2 aromatic carbocycles. The number of aromatic nitrogens is 4. The molecule has 4 heterocycles. The highest BCUT2D eigenvalue weighted by atomic mass is 32.2. The third-order valence-corrected chi connectivity index (χ3v) is 9.11. The van der Waals surface area contributed by atoms with Crippen LogP contribution in [0.4, 0.5) is 10.3 Å². The van der Waals surface area contributed by atoms with Gasteiger partial charge < -0.3 is 5.32 Å². The minimum Gasteiger partial charge on any atom is -0.353 e. The summed E-state index contributed by atoms with van der Waals surface area (Å²) < 4.78 is 44.5. The summed E-state index contributed by atoms with van der Waals surface area (Å²) in [5.41, 5.74) is 3.86. The smallest absolute Gasteiger partial charge is 0.282 e. The van der Waals surface area contributed by atoms with Crippen molar-refractivity contribution in [2.75, 3.05) is 31.5 Å². The van der Waals surface area contributed by atoms with Gasteiger partial charge in [-0.05, 0) is 35.9 Å². The van der Waals surface area contributed by atoms with Gasteiger partial charge in [-0.25, -0.2) is 19.3 Å². The highest BCUT2D eigenvalue weighted by Gasteiger charge is 2.35. The lowest BCUT2D eigenvalue weighted by atomic mass is 10.1. The molecule has 0 saturated carbocycles. The van der Waals surface area contributed by atoms with Gasteiger partial charge >= 0.3 is 0 Å². The number of nitrogens with zero attached hydrogens (tertiary/aromatic N) is 6. The fraction of sp³-hybridized carbons (Fsp3) is 0.192. The highest BCUT2D eigenvalue weighted by molar-refractivity contribution is 7.87. The first-order chi connectivity index (χ1) is 18.5. The molecule has 0 spiro atoms. The lowest BCUT2D eigenvalue weighted by Gasteiger charge is -2.19. The molecule has 194 valence electrons. The SMILES string of the molecule is O=S1(=O)N(CCNc2nccc(-c3c(-c4ccc(F)cc4)nc4sccn34)n2)CCN1Cc1ccccc1. The topological polar surface area (TPSA) is 95.7 Å². The fourth-order valence-electron chi connectivity index (χ4n) is 4.50. The Labute approximate surface area is 223 Å². The molecule has 5 aromatic rings. The second-order valence-corrected chi connectivity index (χ2v) is 11.6. The van der Waals surface area contributed by atoms with Crippen LogP contribution in [0.15, 0.2) is 78.4 Å². The molecule has 1 aliphatic rings. The van der Waals surface area contributed by atoms with E-state index >= 15 is 0 Å². The molecule has 6 rings (SSSR count). The van der Waals surface area contributed by atoms with Gasteiger partial charge in [-0.2, -0.15) is 17.0 Å². The van der Waals surface area contributed by atoms with E-state index in [-0.39, 0.29) is 5.82 Å². The second kappa shape index (κ2) is 10.2. The first-order valence-electron chi connectivity index (χ1n) is 12.1. The van der Waals surface area contributed by atoms with Gasteiger partial charge in [0.25, 0.3) is 10.2 Å². The number of anilines is 1. The molecule has 0 radical (unpaired) electrons. The van der Waals surface area contributed by atoms with E-state index in [1.54, 1.807) is 24.4 Å². The molecule has 1 saturated heterocycles. The minimum absolute atomic E-state index is 0.295. The number of hydrogen-bond donors (Lipinski definition) is 1. The maximum absolute atomic E-state index is 13.5. The standard InChI is InChI=1S/C26H24FN7O2S2/c27-21-8-6-20(7-9-21)23-24(34-16-17-37-26(34)31-23)22-10-11-28-25(30-22)29-12-13-32-14-15-33(38(32,35)36)18-19-4-2-1-3-5-19/h1-11,16-17H,12-15,18H2,(H,28,29,30). The van der Waals surface area contributed by atoms with Gasteiger partial charge in [-0.15, -0.1) is 11.3 Å². The summed E-state index contributed by atoms with van der Waals surface area (Å²) in [5, 5.41) is 5.10. The van der Waals surface area contributed by atoms with Gasteiger partial charge in [0.1, 0.15) is 11.5 Å². The maximum atomic E-state index is 13.5. The van der Waals surface area contributed by atoms with Crippen LogP contribution in [-0.2, 0) is 16.8 Å². The zero-order valence-electron chi connectivity index (χ0n) is 20.2. The summed E-state index contributed by atoms with van der Waals surface area (Å²) in [4.78, 5) is 14.6. The van der Waals surface area contributed by atoms with E-state index in [0.29, 0.717) is 50.1 Å². The number of imidazole rings is 1. The summed E-state index contributed by atoms with van der Waals surface area (Å²) >= 11 is 1.50. The number of thiazole rings is 1.